The van der Waals surface area contributed by atoms with Crippen LogP contribution in [-0.2, 0) is 11.9 Å². The van der Waals surface area contributed by atoms with Crippen LogP contribution in [0.25, 0.3) is 11.1 Å². The van der Waals surface area contributed by atoms with Gasteiger partial charge in [-0.05, 0) is 49.2 Å². The Morgan fingerprint density at radius 2 is 1.65 bits per heavy atom. The zero-order chi connectivity index (χ0) is 25.2. The Labute approximate surface area is 210 Å². The van der Waals surface area contributed by atoms with E-state index in [9.17, 15) is 13.6 Å². The van der Waals surface area contributed by atoms with Gasteiger partial charge in [0.15, 0.2) is 5.75 Å². The van der Waals surface area contributed by atoms with Crippen LogP contribution in [0, 0.1) is 0 Å². The molecule has 0 radical (unpaired) electrons. The summed E-state index contributed by atoms with van der Waals surface area (Å²) in [6.07, 6.45) is -2.37. The second-order valence-electron chi connectivity index (χ2n) is 7.56. The summed E-state index contributed by atoms with van der Waals surface area (Å²) in [5.74, 6) is -0.553. The molecule has 182 valence electrons. The standard InChI is InChI=1S/C23H22Cl3F2N3O3/c1-12(31(33-4)23(32)17-11-30(3)29-20(17)22(27)28)13(2)34-21-18(25)9-15(10-19(21)26)14-5-7-16(24)8-6-14/h5-13,22H,1-4H3. The summed E-state index contributed by atoms with van der Waals surface area (Å²) >= 11 is 18.9. The molecule has 34 heavy (non-hydrogen) atoms. The van der Waals surface area contributed by atoms with Crippen molar-refractivity contribution in [2.24, 2.45) is 7.05 Å². The number of aryl methyl sites for hydroxylation is 1. The maximum Gasteiger partial charge on any atom is 0.282 e. The van der Waals surface area contributed by atoms with Crippen molar-refractivity contribution >= 4 is 40.7 Å². The average molecular weight is 533 g/mol. The third-order valence-corrected chi connectivity index (χ3v) is 6.03. The van der Waals surface area contributed by atoms with Crippen molar-refractivity contribution in [3.05, 3.63) is 68.9 Å². The molecule has 1 aromatic heterocycles. The van der Waals surface area contributed by atoms with Gasteiger partial charge in [-0.3, -0.25) is 14.3 Å². The summed E-state index contributed by atoms with van der Waals surface area (Å²) in [5, 5.41) is 5.76. The Balaban J connectivity index is 1.82. The lowest BCUT2D eigenvalue weighted by atomic mass is 10.1. The maximum absolute atomic E-state index is 13.3. The molecule has 1 heterocycles. The van der Waals surface area contributed by atoms with E-state index >= 15 is 0 Å². The molecule has 2 atom stereocenters. The summed E-state index contributed by atoms with van der Waals surface area (Å²) in [7, 11) is 2.72. The van der Waals surface area contributed by atoms with Gasteiger partial charge in [0.25, 0.3) is 12.3 Å². The third kappa shape index (κ3) is 5.63. The molecule has 0 N–H and O–H groups in total. The van der Waals surface area contributed by atoms with Crippen molar-refractivity contribution in [1.29, 1.82) is 0 Å². The van der Waals surface area contributed by atoms with E-state index in [0.717, 1.165) is 20.9 Å². The van der Waals surface area contributed by atoms with E-state index in [2.05, 4.69) is 5.10 Å². The Hall–Kier alpha value is -2.39. The molecule has 0 aliphatic carbocycles. The minimum absolute atomic E-state index is 0.221. The number of alkyl halides is 2. The zero-order valence-electron chi connectivity index (χ0n) is 18.7. The normalized spacial score (nSPS) is 13.1. The Kier molecular flexibility index (Phi) is 8.41. The van der Waals surface area contributed by atoms with Gasteiger partial charge in [-0.25, -0.2) is 13.8 Å². The molecular formula is C23H22Cl3F2N3O3. The molecule has 3 rings (SSSR count). The SMILES string of the molecule is CON(C(=O)c1cn(C)nc1C(F)F)C(C)C(C)Oc1c(Cl)cc(-c2ccc(Cl)cc2)cc1Cl. The monoisotopic (exact) mass is 531 g/mol. The van der Waals surface area contributed by atoms with Crippen molar-refractivity contribution in [3.63, 3.8) is 0 Å². The largest absolute Gasteiger partial charge is 0.485 e. The highest BCUT2D eigenvalue weighted by molar-refractivity contribution is 6.37. The fourth-order valence-electron chi connectivity index (χ4n) is 3.34. The van der Waals surface area contributed by atoms with Gasteiger partial charge in [0.2, 0.25) is 0 Å². The molecule has 1 amide bonds. The molecule has 0 bridgehead atoms. The van der Waals surface area contributed by atoms with E-state index in [1.807, 2.05) is 12.1 Å². The van der Waals surface area contributed by atoms with Crippen molar-refractivity contribution in [1.82, 2.24) is 14.8 Å². The number of benzene rings is 2. The number of halogens is 5. The summed E-state index contributed by atoms with van der Waals surface area (Å²) in [6, 6.07) is 9.88. The molecule has 6 nitrogen and oxygen atoms in total. The van der Waals surface area contributed by atoms with E-state index in [0.29, 0.717) is 5.02 Å². The topological polar surface area (TPSA) is 56.6 Å². The number of aromatic nitrogens is 2. The Morgan fingerprint density at radius 1 is 1.06 bits per heavy atom. The Morgan fingerprint density at radius 3 is 2.18 bits per heavy atom. The molecule has 0 fully saturated rings. The van der Waals surface area contributed by atoms with Crippen LogP contribution < -0.4 is 4.74 Å². The number of ether oxygens (including phenoxy) is 1. The molecule has 0 saturated heterocycles. The molecule has 3 aromatic rings. The molecule has 2 unspecified atom stereocenters. The van der Waals surface area contributed by atoms with Gasteiger partial charge in [0, 0.05) is 18.3 Å². The third-order valence-electron chi connectivity index (χ3n) is 5.22. The van der Waals surface area contributed by atoms with Gasteiger partial charge < -0.3 is 4.74 Å². The smallest absolute Gasteiger partial charge is 0.282 e. The lowest BCUT2D eigenvalue weighted by Crippen LogP contribution is -2.45. The molecular weight excluding hydrogens is 511 g/mol. The first-order chi connectivity index (χ1) is 16.0. The van der Waals surface area contributed by atoms with Crippen LogP contribution in [0.4, 0.5) is 8.78 Å². The number of hydroxylamine groups is 2. The highest BCUT2D eigenvalue weighted by Crippen LogP contribution is 2.39. The van der Waals surface area contributed by atoms with Crippen LogP contribution in [0.5, 0.6) is 5.75 Å². The average Bonchev–Trinajstić information content (AvgIpc) is 3.19. The second-order valence-corrected chi connectivity index (χ2v) is 8.81. The molecule has 0 aliphatic heterocycles. The van der Waals surface area contributed by atoms with E-state index in [1.165, 1.54) is 20.4 Å². The molecule has 0 saturated carbocycles. The van der Waals surface area contributed by atoms with Crippen molar-refractivity contribution in [2.75, 3.05) is 7.11 Å². The van der Waals surface area contributed by atoms with E-state index in [-0.39, 0.29) is 21.4 Å². The molecule has 2 aromatic carbocycles. The lowest BCUT2D eigenvalue weighted by molar-refractivity contribution is -0.137. The van der Waals surface area contributed by atoms with Gasteiger partial charge in [-0.15, -0.1) is 0 Å². The van der Waals surface area contributed by atoms with Crippen LogP contribution in [0.1, 0.15) is 36.3 Å². The van der Waals surface area contributed by atoms with Crippen molar-refractivity contribution < 1.29 is 23.1 Å². The van der Waals surface area contributed by atoms with Crippen LogP contribution in [0.15, 0.2) is 42.6 Å². The van der Waals surface area contributed by atoms with Crippen molar-refractivity contribution in [2.45, 2.75) is 32.4 Å². The van der Waals surface area contributed by atoms with Gasteiger partial charge in [0.1, 0.15) is 11.8 Å². The molecule has 0 aliphatic rings. The highest BCUT2D eigenvalue weighted by Gasteiger charge is 2.32. The van der Waals surface area contributed by atoms with Crippen LogP contribution in [-0.4, -0.2) is 40.0 Å². The highest BCUT2D eigenvalue weighted by atomic mass is 35.5. The number of carbonyl (C=O) groups is 1. The molecule has 11 heteroatoms. The number of carbonyl (C=O) groups excluding carboxylic acids is 1. The maximum atomic E-state index is 13.3. The first-order valence-corrected chi connectivity index (χ1v) is 11.3. The van der Waals surface area contributed by atoms with E-state index in [4.69, 9.17) is 44.4 Å². The number of amides is 1. The quantitative estimate of drug-likeness (QED) is 0.298. The first kappa shape index (κ1) is 26.2. The minimum atomic E-state index is -2.92. The fourth-order valence-corrected chi connectivity index (χ4v) is 4.04. The first-order valence-electron chi connectivity index (χ1n) is 10.1. The predicted molar refractivity (Wildman–Crippen MR) is 128 cm³/mol. The summed E-state index contributed by atoms with van der Waals surface area (Å²) in [6.45, 7) is 3.33. The molecule has 0 spiro atoms. The summed E-state index contributed by atoms with van der Waals surface area (Å²) in [5.41, 5.74) is 0.745. The zero-order valence-corrected chi connectivity index (χ0v) is 21.0. The predicted octanol–water partition coefficient (Wildman–Crippen LogP) is 6.84. The van der Waals surface area contributed by atoms with Crippen LogP contribution in [0.3, 0.4) is 0 Å². The van der Waals surface area contributed by atoms with Gasteiger partial charge in [-0.1, -0.05) is 46.9 Å². The van der Waals surface area contributed by atoms with E-state index < -0.39 is 30.2 Å². The summed E-state index contributed by atoms with van der Waals surface area (Å²) in [4.78, 5) is 18.2. The van der Waals surface area contributed by atoms with Crippen LogP contribution >= 0.6 is 34.8 Å². The number of nitrogens with zero attached hydrogens (tertiary/aromatic N) is 3. The lowest BCUT2D eigenvalue weighted by Gasteiger charge is -2.31. The fraction of sp³-hybridized carbons (Fsp3) is 0.304. The van der Waals surface area contributed by atoms with Gasteiger partial charge >= 0.3 is 0 Å². The van der Waals surface area contributed by atoms with Gasteiger partial charge in [0.05, 0.1) is 28.8 Å². The van der Waals surface area contributed by atoms with Gasteiger partial charge in [-0.2, -0.15) is 5.10 Å². The number of hydrogen-bond acceptors (Lipinski definition) is 4. The summed E-state index contributed by atoms with van der Waals surface area (Å²) < 4.78 is 33.8. The minimum Gasteiger partial charge on any atom is -0.485 e. The van der Waals surface area contributed by atoms with Crippen molar-refractivity contribution in [3.8, 4) is 16.9 Å². The number of rotatable bonds is 8. The van der Waals surface area contributed by atoms with Crippen LogP contribution in [0.2, 0.25) is 15.1 Å². The Bertz CT molecular complexity index is 1150. The second kappa shape index (κ2) is 10.9. The van der Waals surface area contributed by atoms with E-state index in [1.54, 1.807) is 38.1 Å². The number of hydrogen-bond donors (Lipinski definition) is 0.